The van der Waals surface area contributed by atoms with Crippen LogP contribution in [0.5, 0.6) is 11.6 Å². The molecule has 0 saturated carbocycles. The fraction of sp³-hybridized carbons (Fsp3) is 0.353. The van der Waals surface area contributed by atoms with Crippen molar-refractivity contribution >= 4 is 6.21 Å². The molecule has 0 fully saturated rings. The number of aliphatic hydroxyl groups excluding tert-OH is 2. The van der Waals surface area contributed by atoms with E-state index >= 15 is 0 Å². The van der Waals surface area contributed by atoms with Crippen molar-refractivity contribution in [3.05, 3.63) is 45.9 Å². The van der Waals surface area contributed by atoms with Crippen LogP contribution in [0.3, 0.4) is 0 Å². The molecule has 0 aliphatic carbocycles. The van der Waals surface area contributed by atoms with Crippen LogP contribution < -0.4 is 0 Å². The van der Waals surface area contributed by atoms with E-state index in [1.54, 1.807) is 20.1 Å². The highest BCUT2D eigenvalue weighted by Crippen LogP contribution is 2.24. The smallest absolute Gasteiger partial charge is 0.214 e. The molecule has 7 nitrogen and oxygen atoms in total. The number of rotatable bonds is 6. The number of hydrogen-bond donors (Lipinski definition) is 4. The van der Waals surface area contributed by atoms with Crippen molar-refractivity contribution in [1.29, 1.82) is 0 Å². The lowest BCUT2D eigenvalue weighted by Crippen LogP contribution is -2.01. The first kappa shape index (κ1) is 17.8. The average Bonchev–Trinajstić information content (AvgIpc) is 2.58. The van der Waals surface area contributed by atoms with Crippen molar-refractivity contribution in [1.82, 2.24) is 9.97 Å². The van der Waals surface area contributed by atoms with Gasteiger partial charge < -0.3 is 20.4 Å². The Morgan fingerprint density at radius 3 is 2.29 bits per heavy atom. The van der Waals surface area contributed by atoms with Gasteiger partial charge in [0.15, 0.2) is 0 Å². The summed E-state index contributed by atoms with van der Waals surface area (Å²) < 4.78 is 0. The number of hydrogen-bond acceptors (Lipinski definition) is 7. The third kappa shape index (κ3) is 3.69. The first-order chi connectivity index (χ1) is 11.5. The van der Waals surface area contributed by atoms with Gasteiger partial charge in [-0.3, -0.25) is 9.98 Å². The van der Waals surface area contributed by atoms with E-state index in [1.807, 2.05) is 0 Å². The molecule has 2 aromatic rings. The molecule has 0 atom stereocenters. The van der Waals surface area contributed by atoms with Crippen molar-refractivity contribution in [3.8, 4) is 11.6 Å². The first-order valence-corrected chi connectivity index (χ1v) is 7.52. The van der Waals surface area contributed by atoms with Crippen LogP contribution in [-0.2, 0) is 26.2 Å². The van der Waals surface area contributed by atoms with Crippen LogP contribution in [0.25, 0.3) is 0 Å². The highest BCUT2D eigenvalue weighted by Gasteiger charge is 2.11. The number of aryl methyl sites for hydroxylation is 1. The Labute approximate surface area is 140 Å². The van der Waals surface area contributed by atoms with Crippen molar-refractivity contribution in [3.63, 3.8) is 0 Å². The molecule has 0 spiro atoms. The lowest BCUT2D eigenvalue weighted by atomic mass is 10.0. The number of aromatic hydroxyl groups is 2. The van der Waals surface area contributed by atoms with Gasteiger partial charge in [0.1, 0.15) is 5.75 Å². The van der Waals surface area contributed by atoms with Gasteiger partial charge in [0, 0.05) is 47.3 Å². The zero-order chi connectivity index (χ0) is 17.7. The fourth-order valence-electron chi connectivity index (χ4n) is 2.41. The van der Waals surface area contributed by atoms with Gasteiger partial charge in [0.05, 0.1) is 25.5 Å². The van der Waals surface area contributed by atoms with Gasteiger partial charge in [-0.15, -0.1) is 0 Å². The Kier molecular flexibility index (Phi) is 5.83. The van der Waals surface area contributed by atoms with Crippen LogP contribution in [-0.4, -0.2) is 36.6 Å². The third-order valence-corrected chi connectivity index (χ3v) is 3.96. The lowest BCUT2D eigenvalue weighted by molar-refractivity contribution is 0.279. The van der Waals surface area contributed by atoms with Crippen LogP contribution in [0.15, 0.2) is 17.4 Å². The number of aliphatic hydroxyl groups is 2. The fourth-order valence-corrected chi connectivity index (χ4v) is 2.41. The molecule has 0 unspecified atom stereocenters. The molecule has 0 aromatic carbocycles. The van der Waals surface area contributed by atoms with E-state index in [0.717, 1.165) is 5.56 Å². The predicted octanol–water partition coefficient (Wildman–Crippen LogP) is 1.30. The molecule has 0 aliphatic heterocycles. The van der Waals surface area contributed by atoms with Gasteiger partial charge in [0.25, 0.3) is 0 Å². The molecular formula is C17H21N3O4. The summed E-state index contributed by atoms with van der Waals surface area (Å²) in [5, 5.41) is 38.5. The van der Waals surface area contributed by atoms with Gasteiger partial charge in [-0.1, -0.05) is 0 Å². The van der Waals surface area contributed by atoms with Crippen molar-refractivity contribution in [2.75, 3.05) is 0 Å². The summed E-state index contributed by atoms with van der Waals surface area (Å²) >= 11 is 0. The quantitative estimate of drug-likeness (QED) is 0.593. The summed E-state index contributed by atoms with van der Waals surface area (Å²) in [7, 11) is 0. The van der Waals surface area contributed by atoms with Gasteiger partial charge in [-0.05, 0) is 19.4 Å². The molecule has 2 rings (SSSR count). The number of aromatic nitrogens is 2. The minimum Gasteiger partial charge on any atom is -0.506 e. The van der Waals surface area contributed by atoms with Gasteiger partial charge in [-0.2, -0.15) is 0 Å². The number of aliphatic imine (C=N–C) groups is 1. The summed E-state index contributed by atoms with van der Waals surface area (Å²) in [5.41, 5.74) is 3.55. The van der Waals surface area contributed by atoms with E-state index < -0.39 is 0 Å². The Balaban J connectivity index is 2.18. The third-order valence-electron chi connectivity index (χ3n) is 3.96. The molecule has 0 aliphatic rings. The lowest BCUT2D eigenvalue weighted by Gasteiger charge is -2.10. The molecule has 2 aromatic heterocycles. The first-order valence-electron chi connectivity index (χ1n) is 7.52. The Bertz CT molecular complexity index is 696. The van der Waals surface area contributed by atoms with Gasteiger partial charge >= 0.3 is 0 Å². The molecule has 128 valence electrons. The van der Waals surface area contributed by atoms with Crippen molar-refractivity contribution < 1.29 is 20.4 Å². The normalized spacial score (nSPS) is 11.3. The summed E-state index contributed by atoms with van der Waals surface area (Å²) in [6, 6.07) is 0. The van der Waals surface area contributed by atoms with E-state index in [2.05, 4.69) is 15.0 Å². The Morgan fingerprint density at radius 1 is 1.00 bits per heavy atom. The number of pyridine rings is 2. The van der Waals surface area contributed by atoms with E-state index in [0.29, 0.717) is 34.4 Å². The second-order valence-corrected chi connectivity index (χ2v) is 5.45. The SMILES string of the molecule is Cc1ncc(CO)c(C/C=N/Cc2c(CO)cnc(O)c2C)c1O. The molecule has 7 heteroatoms. The molecular weight excluding hydrogens is 310 g/mol. The van der Waals surface area contributed by atoms with E-state index in [9.17, 15) is 20.4 Å². The minimum atomic E-state index is -0.212. The number of nitrogens with zero attached hydrogens (tertiary/aromatic N) is 3. The zero-order valence-electron chi connectivity index (χ0n) is 13.7. The van der Waals surface area contributed by atoms with Crippen molar-refractivity contribution in [2.45, 2.75) is 40.0 Å². The molecule has 4 N–H and O–H groups in total. The standard InChI is InChI=1S/C17H21N3O4/c1-10-15(13(9-22)6-20-17(10)24)7-18-4-3-14-12(8-21)5-19-11(2)16(14)23/h4-6,21-23H,3,7-9H2,1-2H3,(H,20,24)/b18-4+. The van der Waals surface area contributed by atoms with Crippen LogP contribution >= 0.6 is 0 Å². The maximum absolute atomic E-state index is 10.1. The second-order valence-electron chi connectivity index (χ2n) is 5.45. The zero-order valence-corrected chi connectivity index (χ0v) is 13.7. The molecule has 0 amide bonds. The summed E-state index contributed by atoms with van der Waals surface area (Å²) in [4.78, 5) is 12.1. The van der Waals surface area contributed by atoms with Crippen LogP contribution in [0.2, 0.25) is 0 Å². The van der Waals surface area contributed by atoms with Crippen LogP contribution in [0.1, 0.15) is 33.5 Å². The molecule has 0 saturated heterocycles. The maximum atomic E-state index is 10.1. The highest BCUT2D eigenvalue weighted by molar-refractivity contribution is 5.64. The summed E-state index contributed by atoms with van der Waals surface area (Å²) in [6.07, 6.45) is 4.93. The highest BCUT2D eigenvalue weighted by atomic mass is 16.3. The second kappa shape index (κ2) is 7.85. The Morgan fingerprint density at radius 2 is 1.62 bits per heavy atom. The van der Waals surface area contributed by atoms with E-state index in [-0.39, 0.29) is 31.4 Å². The Hall–Kier alpha value is -2.51. The van der Waals surface area contributed by atoms with Crippen molar-refractivity contribution in [2.24, 2.45) is 4.99 Å². The topological polar surface area (TPSA) is 119 Å². The molecule has 24 heavy (non-hydrogen) atoms. The van der Waals surface area contributed by atoms with Gasteiger partial charge in [0.2, 0.25) is 5.88 Å². The van der Waals surface area contributed by atoms with Crippen LogP contribution in [0.4, 0.5) is 0 Å². The largest absolute Gasteiger partial charge is 0.506 e. The summed E-state index contributed by atoms with van der Waals surface area (Å²) in [6.45, 7) is 3.28. The average molecular weight is 331 g/mol. The molecule has 0 bridgehead atoms. The summed E-state index contributed by atoms with van der Waals surface area (Å²) in [5.74, 6) is -0.0239. The molecule has 2 heterocycles. The van der Waals surface area contributed by atoms with E-state index in [1.165, 1.54) is 12.4 Å². The molecule has 0 radical (unpaired) electrons. The monoisotopic (exact) mass is 331 g/mol. The maximum Gasteiger partial charge on any atom is 0.214 e. The predicted molar refractivity (Wildman–Crippen MR) is 89.0 cm³/mol. The van der Waals surface area contributed by atoms with Crippen LogP contribution in [0, 0.1) is 13.8 Å². The van der Waals surface area contributed by atoms with Gasteiger partial charge in [-0.25, -0.2) is 4.98 Å². The van der Waals surface area contributed by atoms with E-state index in [4.69, 9.17) is 0 Å². The minimum absolute atomic E-state index is 0.0572.